The molecule has 2 aromatic carbocycles. The summed E-state index contributed by atoms with van der Waals surface area (Å²) in [7, 11) is 0. The third-order valence-corrected chi connectivity index (χ3v) is 3.74. The van der Waals surface area contributed by atoms with Gasteiger partial charge < -0.3 is 15.2 Å². The minimum absolute atomic E-state index is 0.0350. The van der Waals surface area contributed by atoms with E-state index in [0.717, 1.165) is 12.0 Å². The van der Waals surface area contributed by atoms with Crippen LogP contribution in [0.2, 0.25) is 0 Å². The smallest absolute Gasteiger partial charge is 0.187 e. The number of carbonyl (C=O) groups excluding carboxylic acids is 2. The molecule has 0 unspecified atom stereocenters. The molecule has 0 bridgehead atoms. The van der Waals surface area contributed by atoms with E-state index in [-0.39, 0.29) is 23.0 Å². The van der Waals surface area contributed by atoms with Crippen LogP contribution in [0.15, 0.2) is 48.5 Å². The minimum atomic E-state index is -1.31. The van der Waals surface area contributed by atoms with Crippen LogP contribution in [0.1, 0.15) is 32.7 Å². The molecule has 0 spiro atoms. The Kier molecular flexibility index (Phi) is 3.44. The van der Waals surface area contributed by atoms with Gasteiger partial charge >= 0.3 is 0 Å². The Hall–Kier alpha value is -2.62. The fraction of sp³-hybridized carbons (Fsp3) is 0.176. The predicted molar refractivity (Wildman–Crippen MR) is 77.3 cm³/mol. The van der Waals surface area contributed by atoms with Crippen molar-refractivity contribution in [3.8, 4) is 0 Å². The van der Waals surface area contributed by atoms with Gasteiger partial charge in [-0.05, 0) is 24.5 Å². The van der Waals surface area contributed by atoms with Crippen LogP contribution >= 0.6 is 0 Å². The molecule has 0 fully saturated rings. The second-order valence-corrected chi connectivity index (χ2v) is 5.10. The van der Waals surface area contributed by atoms with E-state index in [4.69, 9.17) is 0 Å². The lowest BCUT2D eigenvalue weighted by Crippen LogP contribution is -2.26. The average molecular weight is 280 g/mol. The Labute approximate surface area is 122 Å². The highest BCUT2D eigenvalue weighted by Crippen LogP contribution is 2.30. The van der Waals surface area contributed by atoms with Gasteiger partial charge in [0, 0.05) is 11.3 Å². The summed E-state index contributed by atoms with van der Waals surface area (Å²) in [5.41, 5.74) is 1.95. The van der Waals surface area contributed by atoms with Gasteiger partial charge in [-0.25, -0.2) is 0 Å². The van der Waals surface area contributed by atoms with Crippen LogP contribution in [0, 0.1) is 0 Å². The number of aromatic carboxylic acids is 1. The van der Waals surface area contributed by atoms with E-state index in [1.54, 1.807) is 12.1 Å². The molecule has 0 aliphatic carbocycles. The summed E-state index contributed by atoms with van der Waals surface area (Å²) in [6, 6.07) is 14.3. The fourth-order valence-electron chi connectivity index (χ4n) is 2.69. The second-order valence-electron chi connectivity index (χ2n) is 5.10. The van der Waals surface area contributed by atoms with Crippen molar-refractivity contribution >= 4 is 17.4 Å². The number of carbonyl (C=O) groups is 2. The van der Waals surface area contributed by atoms with Gasteiger partial charge in [-0.3, -0.25) is 4.79 Å². The molecule has 4 nitrogen and oxygen atoms in total. The molecule has 2 aromatic rings. The van der Waals surface area contributed by atoms with Crippen molar-refractivity contribution in [2.75, 3.05) is 5.32 Å². The summed E-state index contributed by atoms with van der Waals surface area (Å²) in [6.07, 6.45) is 1.39. The molecule has 1 aliphatic heterocycles. The average Bonchev–Trinajstić information content (AvgIpc) is 2.83. The van der Waals surface area contributed by atoms with E-state index in [9.17, 15) is 14.7 Å². The number of anilines is 1. The first kappa shape index (κ1) is 13.4. The number of rotatable bonds is 4. The molecular weight excluding hydrogens is 266 g/mol. The molecule has 4 heteroatoms. The number of ketones is 1. The van der Waals surface area contributed by atoms with Gasteiger partial charge in [-0.15, -0.1) is 0 Å². The molecule has 1 aliphatic rings. The first-order chi connectivity index (χ1) is 10.2. The molecular formula is C17H14NO3-. The number of carboxylic acids is 1. The summed E-state index contributed by atoms with van der Waals surface area (Å²) in [5.74, 6) is -1.48. The molecule has 106 valence electrons. The summed E-state index contributed by atoms with van der Waals surface area (Å²) in [5, 5.41) is 14.2. The summed E-state index contributed by atoms with van der Waals surface area (Å²) >= 11 is 0. The van der Waals surface area contributed by atoms with Gasteiger partial charge in [0.05, 0.1) is 17.6 Å². The van der Waals surface area contributed by atoms with Gasteiger partial charge in [0.25, 0.3) is 0 Å². The van der Waals surface area contributed by atoms with Gasteiger partial charge in [0.2, 0.25) is 0 Å². The summed E-state index contributed by atoms with van der Waals surface area (Å²) in [6.45, 7) is 0. The Balaban J connectivity index is 1.78. The maximum Gasteiger partial charge on any atom is 0.187 e. The zero-order valence-electron chi connectivity index (χ0n) is 11.3. The molecule has 0 saturated carbocycles. The van der Waals surface area contributed by atoms with E-state index in [2.05, 4.69) is 5.32 Å². The highest BCUT2D eigenvalue weighted by atomic mass is 16.4. The van der Waals surface area contributed by atoms with Crippen LogP contribution in [-0.4, -0.2) is 17.8 Å². The number of Topliss-reactive ketones (excluding diaryl/α,β-unsaturated/α-hetero) is 1. The second kappa shape index (κ2) is 5.40. The molecule has 21 heavy (non-hydrogen) atoms. The van der Waals surface area contributed by atoms with E-state index in [0.29, 0.717) is 12.1 Å². The Bertz CT molecular complexity index is 694. The van der Waals surface area contributed by atoms with Crippen molar-refractivity contribution in [3.63, 3.8) is 0 Å². The number of fused-ring (bicyclic) bond motifs is 1. The van der Waals surface area contributed by atoms with E-state index in [1.165, 1.54) is 6.07 Å². The maximum atomic E-state index is 12.4. The zero-order chi connectivity index (χ0) is 14.8. The number of benzene rings is 2. The number of hydrogen-bond acceptors (Lipinski definition) is 4. The van der Waals surface area contributed by atoms with Gasteiger partial charge in [0.15, 0.2) is 5.78 Å². The van der Waals surface area contributed by atoms with Gasteiger partial charge in [0.1, 0.15) is 0 Å². The standard InChI is InChI=1S/C17H15NO3/c19-16-14(10-9-11-5-2-1-3-6-11)18-13-8-4-7-12(15(13)16)17(20)21/h1-8,14,18H,9-10H2,(H,20,21)/p-1/t14-/m1/s1. The van der Waals surface area contributed by atoms with Crippen LogP contribution in [0.25, 0.3) is 0 Å². The molecule has 1 heterocycles. The third-order valence-electron chi connectivity index (χ3n) is 3.74. The van der Waals surface area contributed by atoms with E-state index >= 15 is 0 Å². The first-order valence-corrected chi connectivity index (χ1v) is 6.86. The molecule has 0 radical (unpaired) electrons. The largest absolute Gasteiger partial charge is 0.545 e. The van der Waals surface area contributed by atoms with Gasteiger partial charge in [-0.2, -0.15) is 0 Å². The van der Waals surface area contributed by atoms with Crippen molar-refractivity contribution in [3.05, 3.63) is 65.2 Å². The van der Waals surface area contributed by atoms with E-state index in [1.807, 2.05) is 30.3 Å². The third kappa shape index (κ3) is 2.52. The lowest BCUT2D eigenvalue weighted by atomic mass is 9.98. The number of hydrogen-bond donors (Lipinski definition) is 1. The molecule has 1 N–H and O–H groups in total. The van der Waals surface area contributed by atoms with E-state index < -0.39 is 5.97 Å². The maximum absolute atomic E-state index is 12.4. The Morgan fingerprint density at radius 3 is 2.57 bits per heavy atom. The highest BCUT2D eigenvalue weighted by Gasteiger charge is 2.31. The summed E-state index contributed by atoms with van der Waals surface area (Å²) in [4.78, 5) is 23.5. The molecule has 0 amide bonds. The molecule has 0 aromatic heterocycles. The number of aryl methyl sites for hydroxylation is 1. The number of carboxylic acid groups (broad SMARTS) is 1. The zero-order valence-corrected chi connectivity index (χ0v) is 11.3. The highest BCUT2D eigenvalue weighted by molar-refractivity contribution is 6.15. The Morgan fingerprint density at radius 1 is 1.10 bits per heavy atom. The predicted octanol–water partition coefficient (Wildman–Crippen LogP) is 1.66. The van der Waals surface area contributed by atoms with Crippen molar-refractivity contribution in [2.45, 2.75) is 18.9 Å². The molecule has 1 atom stereocenters. The van der Waals surface area contributed by atoms with Crippen molar-refractivity contribution in [2.24, 2.45) is 0 Å². The van der Waals surface area contributed by atoms with Crippen LogP contribution in [0.4, 0.5) is 5.69 Å². The van der Waals surface area contributed by atoms with Crippen LogP contribution in [0.5, 0.6) is 0 Å². The topological polar surface area (TPSA) is 69.2 Å². The Morgan fingerprint density at radius 2 is 1.86 bits per heavy atom. The van der Waals surface area contributed by atoms with Crippen molar-refractivity contribution in [1.82, 2.24) is 0 Å². The SMILES string of the molecule is O=C([O-])c1cccc2c1C(=O)[C@@H](CCc1ccccc1)N2. The lowest BCUT2D eigenvalue weighted by Gasteiger charge is -2.09. The van der Waals surface area contributed by atoms with Crippen molar-refractivity contribution < 1.29 is 14.7 Å². The van der Waals surface area contributed by atoms with Crippen molar-refractivity contribution in [1.29, 1.82) is 0 Å². The fourth-order valence-corrected chi connectivity index (χ4v) is 2.69. The minimum Gasteiger partial charge on any atom is -0.545 e. The first-order valence-electron chi connectivity index (χ1n) is 6.86. The number of nitrogens with one attached hydrogen (secondary N) is 1. The van der Waals surface area contributed by atoms with Crippen LogP contribution in [-0.2, 0) is 6.42 Å². The van der Waals surface area contributed by atoms with Crippen LogP contribution < -0.4 is 10.4 Å². The monoisotopic (exact) mass is 280 g/mol. The van der Waals surface area contributed by atoms with Gasteiger partial charge in [-0.1, -0.05) is 42.5 Å². The molecule has 0 saturated heterocycles. The lowest BCUT2D eigenvalue weighted by molar-refractivity contribution is -0.255. The molecule has 3 rings (SSSR count). The normalized spacial score (nSPS) is 16.4. The quantitative estimate of drug-likeness (QED) is 0.924. The van der Waals surface area contributed by atoms with Crippen LogP contribution in [0.3, 0.4) is 0 Å². The summed E-state index contributed by atoms with van der Waals surface area (Å²) < 4.78 is 0.